The zero-order valence-electron chi connectivity index (χ0n) is 9.05. The third-order valence-corrected chi connectivity index (χ3v) is 2.28. The molecule has 1 N–H and O–H groups in total. The van der Waals surface area contributed by atoms with Gasteiger partial charge < -0.3 is 14.6 Å². The third kappa shape index (κ3) is 1.62. The molecule has 1 aromatic carbocycles. The lowest BCUT2D eigenvalue weighted by atomic mass is 10.1. The van der Waals surface area contributed by atoms with Gasteiger partial charge in [0, 0.05) is 5.56 Å². The highest BCUT2D eigenvalue weighted by Crippen LogP contribution is 2.39. The number of hydrogen-bond acceptors (Lipinski definition) is 3. The summed E-state index contributed by atoms with van der Waals surface area (Å²) in [6.45, 7) is 3.84. The summed E-state index contributed by atoms with van der Waals surface area (Å²) in [6.07, 6.45) is 0.714. The zero-order chi connectivity index (χ0) is 10.7. The van der Waals surface area contributed by atoms with Gasteiger partial charge in [-0.25, -0.2) is 0 Å². The van der Waals surface area contributed by atoms with E-state index >= 15 is 0 Å². The van der Waals surface area contributed by atoms with E-state index in [-0.39, 0.29) is 5.75 Å². The second kappa shape index (κ2) is 4.22. The largest absolute Gasteiger partial charge is 0.504 e. The van der Waals surface area contributed by atoms with Gasteiger partial charge in [0.2, 0.25) is 0 Å². The molecule has 0 radical (unpaired) electrons. The predicted molar refractivity (Wildman–Crippen MR) is 55.3 cm³/mol. The normalized spacial score (nSPS) is 10.0. The Bertz CT molecular complexity index is 332. The summed E-state index contributed by atoms with van der Waals surface area (Å²) >= 11 is 0. The van der Waals surface area contributed by atoms with E-state index in [9.17, 15) is 5.11 Å². The number of phenols is 1. The Hall–Kier alpha value is -1.38. The van der Waals surface area contributed by atoms with Crippen LogP contribution in [-0.4, -0.2) is 19.3 Å². The molecule has 0 amide bonds. The Labute approximate surface area is 84.3 Å². The van der Waals surface area contributed by atoms with Gasteiger partial charge in [-0.15, -0.1) is 0 Å². The van der Waals surface area contributed by atoms with Crippen LogP contribution in [0.3, 0.4) is 0 Å². The Kier molecular flexibility index (Phi) is 3.23. The molecule has 0 spiro atoms. The minimum atomic E-state index is 0.187. The molecule has 3 nitrogen and oxygen atoms in total. The molecule has 0 saturated heterocycles. The van der Waals surface area contributed by atoms with Crippen LogP contribution in [0.15, 0.2) is 6.07 Å². The molecule has 0 aliphatic carbocycles. The van der Waals surface area contributed by atoms with Crippen molar-refractivity contribution in [2.24, 2.45) is 0 Å². The molecular weight excluding hydrogens is 180 g/mol. The molecule has 0 unspecified atom stereocenters. The van der Waals surface area contributed by atoms with Gasteiger partial charge in [0.25, 0.3) is 0 Å². The molecule has 0 heterocycles. The van der Waals surface area contributed by atoms with Crippen molar-refractivity contribution in [3.63, 3.8) is 0 Å². The SMILES string of the molecule is CCc1c(OC)cc(C)c(OC)c1O. The number of benzene rings is 1. The molecule has 0 aromatic heterocycles. The Morgan fingerprint density at radius 1 is 1.29 bits per heavy atom. The van der Waals surface area contributed by atoms with Gasteiger partial charge in [-0.05, 0) is 25.0 Å². The Morgan fingerprint density at radius 3 is 2.36 bits per heavy atom. The van der Waals surface area contributed by atoms with Crippen LogP contribution in [-0.2, 0) is 6.42 Å². The molecule has 1 aromatic rings. The van der Waals surface area contributed by atoms with E-state index in [0.29, 0.717) is 17.9 Å². The van der Waals surface area contributed by atoms with Crippen molar-refractivity contribution in [2.45, 2.75) is 20.3 Å². The first-order valence-corrected chi connectivity index (χ1v) is 4.59. The van der Waals surface area contributed by atoms with Crippen molar-refractivity contribution in [1.82, 2.24) is 0 Å². The van der Waals surface area contributed by atoms with Gasteiger partial charge in [0.1, 0.15) is 5.75 Å². The third-order valence-electron chi connectivity index (χ3n) is 2.28. The van der Waals surface area contributed by atoms with Gasteiger partial charge in [-0.3, -0.25) is 0 Å². The van der Waals surface area contributed by atoms with E-state index in [1.54, 1.807) is 14.2 Å². The molecule has 1 rings (SSSR count). The number of phenolic OH excluding ortho intramolecular Hbond substituents is 1. The van der Waals surface area contributed by atoms with Crippen molar-refractivity contribution >= 4 is 0 Å². The summed E-state index contributed by atoms with van der Waals surface area (Å²) in [7, 11) is 3.15. The monoisotopic (exact) mass is 196 g/mol. The van der Waals surface area contributed by atoms with Gasteiger partial charge in [-0.1, -0.05) is 6.92 Å². The van der Waals surface area contributed by atoms with Crippen LogP contribution in [0.4, 0.5) is 0 Å². The Morgan fingerprint density at radius 2 is 1.93 bits per heavy atom. The minimum Gasteiger partial charge on any atom is -0.504 e. The first kappa shape index (κ1) is 10.7. The van der Waals surface area contributed by atoms with Crippen molar-refractivity contribution in [2.75, 3.05) is 14.2 Å². The molecule has 3 heteroatoms. The highest BCUT2D eigenvalue weighted by Gasteiger charge is 2.15. The zero-order valence-corrected chi connectivity index (χ0v) is 9.05. The van der Waals surface area contributed by atoms with Crippen molar-refractivity contribution < 1.29 is 14.6 Å². The van der Waals surface area contributed by atoms with E-state index in [4.69, 9.17) is 9.47 Å². The lowest BCUT2D eigenvalue weighted by Gasteiger charge is -2.14. The number of aryl methyl sites for hydroxylation is 1. The second-order valence-corrected chi connectivity index (χ2v) is 3.11. The molecule has 0 aliphatic heterocycles. The number of hydrogen-bond donors (Lipinski definition) is 1. The van der Waals surface area contributed by atoms with E-state index < -0.39 is 0 Å². The average molecular weight is 196 g/mol. The number of ether oxygens (including phenoxy) is 2. The lowest BCUT2D eigenvalue weighted by molar-refractivity contribution is 0.358. The summed E-state index contributed by atoms with van der Waals surface area (Å²) in [5, 5.41) is 9.88. The topological polar surface area (TPSA) is 38.7 Å². The van der Waals surface area contributed by atoms with Crippen molar-refractivity contribution in [1.29, 1.82) is 0 Å². The van der Waals surface area contributed by atoms with Crippen LogP contribution in [0.5, 0.6) is 17.2 Å². The molecule has 14 heavy (non-hydrogen) atoms. The van der Waals surface area contributed by atoms with Crippen molar-refractivity contribution in [3.8, 4) is 17.2 Å². The molecule has 0 saturated carbocycles. The summed E-state index contributed by atoms with van der Waals surface area (Å²) in [5.74, 6) is 1.43. The van der Waals surface area contributed by atoms with Crippen LogP contribution >= 0.6 is 0 Å². The van der Waals surface area contributed by atoms with Crippen LogP contribution in [0.25, 0.3) is 0 Å². The van der Waals surface area contributed by atoms with E-state index in [0.717, 1.165) is 11.1 Å². The Balaban J connectivity index is 3.39. The number of rotatable bonds is 3. The molecule has 0 fully saturated rings. The lowest BCUT2D eigenvalue weighted by Crippen LogP contribution is -1.96. The maximum atomic E-state index is 9.88. The van der Waals surface area contributed by atoms with Crippen LogP contribution in [0, 0.1) is 6.92 Å². The predicted octanol–water partition coefficient (Wildman–Crippen LogP) is 2.28. The fourth-order valence-corrected chi connectivity index (χ4v) is 1.57. The maximum Gasteiger partial charge on any atom is 0.164 e. The van der Waals surface area contributed by atoms with E-state index in [1.165, 1.54) is 0 Å². The van der Waals surface area contributed by atoms with E-state index in [2.05, 4.69) is 0 Å². The number of aromatic hydroxyl groups is 1. The van der Waals surface area contributed by atoms with E-state index in [1.807, 2.05) is 19.9 Å². The molecule has 0 aliphatic rings. The smallest absolute Gasteiger partial charge is 0.164 e. The highest BCUT2D eigenvalue weighted by molar-refractivity contribution is 5.57. The quantitative estimate of drug-likeness (QED) is 0.806. The van der Waals surface area contributed by atoms with Crippen molar-refractivity contribution in [3.05, 3.63) is 17.2 Å². The molecule has 78 valence electrons. The highest BCUT2D eigenvalue weighted by atomic mass is 16.5. The molecule has 0 bridgehead atoms. The van der Waals surface area contributed by atoms with Gasteiger partial charge in [0.15, 0.2) is 11.5 Å². The first-order chi connectivity index (χ1) is 6.65. The molecular formula is C11H16O3. The number of methoxy groups -OCH3 is 2. The molecule has 0 atom stereocenters. The van der Waals surface area contributed by atoms with Gasteiger partial charge in [0.05, 0.1) is 14.2 Å². The first-order valence-electron chi connectivity index (χ1n) is 4.59. The van der Waals surface area contributed by atoms with Crippen LogP contribution in [0.1, 0.15) is 18.1 Å². The maximum absolute atomic E-state index is 9.88. The van der Waals surface area contributed by atoms with Crippen LogP contribution in [0.2, 0.25) is 0 Å². The average Bonchev–Trinajstić information content (AvgIpc) is 2.17. The minimum absolute atomic E-state index is 0.187. The fraction of sp³-hybridized carbons (Fsp3) is 0.455. The second-order valence-electron chi connectivity index (χ2n) is 3.11. The van der Waals surface area contributed by atoms with Crippen LogP contribution < -0.4 is 9.47 Å². The van der Waals surface area contributed by atoms with Gasteiger partial charge in [-0.2, -0.15) is 0 Å². The summed E-state index contributed by atoms with van der Waals surface area (Å²) < 4.78 is 10.3. The fourth-order valence-electron chi connectivity index (χ4n) is 1.57. The summed E-state index contributed by atoms with van der Waals surface area (Å²) in [6, 6.07) is 1.87. The summed E-state index contributed by atoms with van der Waals surface area (Å²) in [5.41, 5.74) is 1.66. The van der Waals surface area contributed by atoms with Gasteiger partial charge >= 0.3 is 0 Å². The summed E-state index contributed by atoms with van der Waals surface area (Å²) in [4.78, 5) is 0. The standard InChI is InChI=1S/C11H16O3/c1-5-8-9(13-3)6-7(2)11(14-4)10(8)12/h6,12H,5H2,1-4H3.